The summed E-state index contributed by atoms with van der Waals surface area (Å²) in [6.07, 6.45) is 0. The maximum atomic E-state index is 12.4. The maximum absolute atomic E-state index is 12.4. The molecule has 2 nitrogen and oxygen atoms in total. The number of hydrogen-bond acceptors (Lipinski definition) is 1. The Bertz CT molecular complexity index is 707. The summed E-state index contributed by atoms with van der Waals surface area (Å²) in [6, 6.07) is 14.6. The molecule has 2 aromatic rings. The van der Waals surface area contributed by atoms with Gasteiger partial charge in [0, 0.05) is 10.5 Å². The maximum Gasteiger partial charge on any atom is 0.224 e. The Morgan fingerprint density at radius 3 is 2.26 bits per heavy atom. The Morgan fingerprint density at radius 1 is 1.13 bits per heavy atom. The zero-order chi connectivity index (χ0) is 17.2. The van der Waals surface area contributed by atoms with Crippen LogP contribution in [0.4, 0.5) is 5.69 Å². The number of carbonyl (C=O) groups is 1. The summed E-state index contributed by atoms with van der Waals surface area (Å²) in [7, 11) is -1.57. The van der Waals surface area contributed by atoms with Crippen molar-refractivity contribution in [1.82, 2.24) is 0 Å². The molecule has 0 aromatic heterocycles. The lowest BCUT2D eigenvalue weighted by Crippen LogP contribution is -2.44. The number of carbonyl (C=O) groups excluding carboxylic acids is 1. The molecular formula is C19H24INOSi. The zero-order valence-corrected chi connectivity index (χ0v) is 17.6. The van der Waals surface area contributed by atoms with Crippen molar-refractivity contribution in [2.75, 3.05) is 4.90 Å². The standard InChI is InChI=1S/C19H24INOSi/c1-14-11-17(20)19(18(12-14)23(3,4)5)21(15(2)22)13-16-9-7-6-8-10-16/h6-12H,13H2,1-5H3. The lowest BCUT2D eigenvalue weighted by Gasteiger charge is -2.30. The predicted molar refractivity (Wildman–Crippen MR) is 110 cm³/mol. The number of anilines is 1. The lowest BCUT2D eigenvalue weighted by molar-refractivity contribution is -0.116. The van der Waals surface area contributed by atoms with Crippen LogP contribution < -0.4 is 10.1 Å². The molecule has 1 amide bonds. The van der Waals surface area contributed by atoms with E-state index < -0.39 is 8.07 Å². The highest BCUT2D eigenvalue weighted by molar-refractivity contribution is 14.1. The fourth-order valence-corrected chi connectivity index (χ4v) is 5.66. The van der Waals surface area contributed by atoms with Crippen molar-refractivity contribution in [3.63, 3.8) is 0 Å². The van der Waals surface area contributed by atoms with Gasteiger partial charge in [-0.25, -0.2) is 0 Å². The first-order valence-electron chi connectivity index (χ1n) is 7.83. The molecular weight excluding hydrogens is 413 g/mol. The van der Waals surface area contributed by atoms with Crippen molar-refractivity contribution in [2.45, 2.75) is 40.0 Å². The summed E-state index contributed by atoms with van der Waals surface area (Å²) < 4.78 is 1.16. The topological polar surface area (TPSA) is 20.3 Å². The van der Waals surface area contributed by atoms with E-state index in [4.69, 9.17) is 0 Å². The second-order valence-electron chi connectivity index (χ2n) is 6.98. The number of nitrogens with zero attached hydrogens (tertiary/aromatic N) is 1. The first-order valence-corrected chi connectivity index (χ1v) is 12.4. The van der Waals surface area contributed by atoms with Crippen LogP contribution in [0, 0.1) is 10.5 Å². The predicted octanol–water partition coefficient (Wildman–Crippen LogP) is 4.70. The van der Waals surface area contributed by atoms with Crippen molar-refractivity contribution in [2.24, 2.45) is 0 Å². The van der Waals surface area contributed by atoms with E-state index in [2.05, 4.69) is 73.4 Å². The molecule has 0 bridgehead atoms. The van der Waals surface area contributed by atoms with Gasteiger partial charge in [-0.15, -0.1) is 0 Å². The smallest absolute Gasteiger partial charge is 0.224 e. The summed E-state index contributed by atoms with van der Waals surface area (Å²) >= 11 is 2.37. The van der Waals surface area contributed by atoms with Crippen LogP contribution in [0.25, 0.3) is 0 Å². The molecule has 0 N–H and O–H groups in total. The molecule has 0 atom stereocenters. The van der Waals surface area contributed by atoms with Gasteiger partial charge in [0.2, 0.25) is 5.91 Å². The molecule has 0 aliphatic carbocycles. The van der Waals surface area contributed by atoms with E-state index in [0.29, 0.717) is 6.54 Å². The highest BCUT2D eigenvalue weighted by Crippen LogP contribution is 2.27. The Kier molecular flexibility index (Phi) is 5.68. The van der Waals surface area contributed by atoms with E-state index in [1.54, 1.807) is 6.92 Å². The molecule has 2 rings (SSSR count). The Hall–Kier alpha value is -1.14. The highest BCUT2D eigenvalue weighted by Gasteiger charge is 2.27. The quantitative estimate of drug-likeness (QED) is 0.502. The minimum Gasteiger partial charge on any atom is -0.307 e. The second kappa shape index (κ2) is 7.17. The molecule has 0 aliphatic rings. The van der Waals surface area contributed by atoms with Crippen LogP contribution in [0.5, 0.6) is 0 Å². The minimum atomic E-state index is -1.57. The SMILES string of the molecule is CC(=O)N(Cc1ccccc1)c1c(I)cc(C)cc1[Si](C)(C)C. The van der Waals surface area contributed by atoms with Crippen LogP contribution in [0.3, 0.4) is 0 Å². The fraction of sp³-hybridized carbons (Fsp3) is 0.316. The number of hydrogen-bond donors (Lipinski definition) is 0. The van der Waals surface area contributed by atoms with Gasteiger partial charge in [0.1, 0.15) is 0 Å². The average Bonchev–Trinajstić information content (AvgIpc) is 2.44. The summed E-state index contributed by atoms with van der Waals surface area (Å²) in [4.78, 5) is 14.3. The van der Waals surface area contributed by atoms with Gasteiger partial charge >= 0.3 is 0 Å². The summed E-state index contributed by atoms with van der Waals surface area (Å²) in [6.45, 7) is 11.4. The van der Waals surface area contributed by atoms with E-state index in [9.17, 15) is 4.79 Å². The molecule has 122 valence electrons. The van der Waals surface area contributed by atoms with Gasteiger partial charge in [0.05, 0.1) is 20.3 Å². The molecule has 2 aromatic carbocycles. The second-order valence-corrected chi connectivity index (χ2v) is 13.2. The first-order chi connectivity index (χ1) is 10.7. The van der Waals surface area contributed by atoms with Crippen molar-refractivity contribution >= 4 is 47.4 Å². The Balaban J connectivity index is 2.58. The van der Waals surface area contributed by atoms with Crippen molar-refractivity contribution in [3.05, 3.63) is 57.2 Å². The molecule has 0 aliphatic heterocycles. The monoisotopic (exact) mass is 437 g/mol. The van der Waals surface area contributed by atoms with E-state index >= 15 is 0 Å². The molecule has 0 spiro atoms. The third-order valence-electron chi connectivity index (χ3n) is 3.85. The number of halogens is 1. The fourth-order valence-electron chi connectivity index (χ4n) is 2.69. The first kappa shape index (κ1) is 18.2. The molecule has 0 radical (unpaired) electrons. The molecule has 0 saturated carbocycles. The van der Waals surface area contributed by atoms with Crippen LogP contribution in [0.15, 0.2) is 42.5 Å². The number of benzene rings is 2. The summed E-state index contributed by atoms with van der Waals surface area (Å²) in [5, 5.41) is 1.35. The average molecular weight is 437 g/mol. The van der Waals surface area contributed by atoms with Gasteiger partial charge in [-0.05, 0) is 46.3 Å². The van der Waals surface area contributed by atoms with Gasteiger partial charge in [0.25, 0.3) is 0 Å². The summed E-state index contributed by atoms with van der Waals surface area (Å²) in [5.74, 6) is 0.0927. The van der Waals surface area contributed by atoms with Crippen LogP contribution in [0.1, 0.15) is 18.1 Å². The molecule has 0 saturated heterocycles. The third kappa shape index (κ3) is 4.44. The van der Waals surface area contributed by atoms with Crippen LogP contribution in [0.2, 0.25) is 19.6 Å². The molecule has 0 heterocycles. The van der Waals surface area contributed by atoms with Crippen molar-refractivity contribution in [1.29, 1.82) is 0 Å². The molecule has 0 fully saturated rings. The van der Waals surface area contributed by atoms with E-state index in [1.165, 1.54) is 10.8 Å². The van der Waals surface area contributed by atoms with Crippen LogP contribution in [-0.2, 0) is 11.3 Å². The zero-order valence-electron chi connectivity index (χ0n) is 14.5. The van der Waals surface area contributed by atoms with Crippen LogP contribution >= 0.6 is 22.6 Å². The lowest BCUT2D eigenvalue weighted by atomic mass is 10.1. The third-order valence-corrected chi connectivity index (χ3v) is 6.67. The highest BCUT2D eigenvalue weighted by atomic mass is 127. The normalized spacial score (nSPS) is 11.4. The van der Waals surface area contributed by atoms with Gasteiger partial charge in [-0.2, -0.15) is 0 Å². The van der Waals surface area contributed by atoms with Crippen LogP contribution in [-0.4, -0.2) is 14.0 Å². The molecule has 0 unspecified atom stereocenters. The Labute approximate surface area is 154 Å². The number of amides is 1. The molecule has 4 heteroatoms. The van der Waals surface area contributed by atoms with Gasteiger partial charge in [0.15, 0.2) is 0 Å². The summed E-state index contributed by atoms with van der Waals surface area (Å²) in [5.41, 5.74) is 3.52. The molecule has 23 heavy (non-hydrogen) atoms. The van der Waals surface area contributed by atoms with Crippen molar-refractivity contribution in [3.8, 4) is 0 Å². The minimum absolute atomic E-state index is 0.0927. The number of rotatable bonds is 4. The van der Waals surface area contributed by atoms with Gasteiger partial charge in [-0.1, -0.05) is 61.6 Å². The van der Waals surface area contributed by atoms with E-state index in [1.807, 2.05) is 23.1 Å². The largest absolute Gasteiger partial charge is 0.307 e. The Morgan fingerprint density at radius 2 is 1.74 bits per heavy atom. The van der Waals surface area contributed by atoms with E-state index in [-0.39, 0.29) is 5.91 Å². The van der Waals surface area contributed by atoms with Crippen molar-refractivity contribution < 1.29 is 4.79 Å². The van der Waals surface area contributed by atoms with E-state index in [0.717, 1.165) is 14.8 Å². The van der Waals surface area contributed by atoms with Gasteiger partial charge < -0.3 is 4.90 Å². The van der Waals surface area contributed by atoms with Gasteiger partial charge in [-0.3, -0.25) is 4.79 Å². The number of aryl methyl sites for hydroxylation is 1.